The largest absolute Gasteiger partial charge is 0.493 e. The Hall–Kier alpha value is -0.910. The van der Waals surface area contributed by atoms with Gasteiger partial charge in [0.15, 0.2) is 0 Å². The van der Waals surface area contributed by atoms with Gasteiger partial charge in [0.25, 0.3) is 0 Å². The number of carbonyl (C=O) groups excluding carboxylic acids is 1. The lowest BCUT2D eigenvalue weighted by atomic mass is 10.1. The molecule has 3 rings (SSSR count). The van der Waals surface area contributed by atoms with Crippen molar-refractivity contribution in [1.82, 2.24) is 5.32 Å². The van der Waals surface area contributed by atoms with E-state index in [2.05, 4.69) is 10.6 Å². The Labute approximate surface area is 129 Å². The van der Waals surface area contributed by atoms with Crippen LogP contribution in [0.2, 0.25) is 0 Å². The standard InChI is InChI=1S/C14H18N2O2S.ClH/c17-14(8-12-9-19-6-4-15-12)16-11-1-2-13-10(7-11)3-5-18-13;/h1-2,7,12,15H,3-6,8-9H2,(H,16,17);1H. The van der Waals surface area contributed by atoms with E-state index in [9.17, 15) is 4.79 Å². The van der Waals surface area contributed by atoms with Gasteiger partial charge in [-0.3, -0.25) is 4.79 Å². The van der Waals surface area contributed by atoms with Crippen molar-refractivity contribution < 1.29 is 9.53 Å². The van der Waals surface area contributed by atoms with Gasteiger partial charge >= 0.3 is 0 Å². The molecule has 0 bridgehead atoms. The van der Waals surface area contributed by atoms with Crippen LogP contribution in [0.5, 0.6) is 5.75 Å². The fourth-order valence-electron chi connectivity index (χ4n) is 2.45. The van der Waals surface area contributed by atoms with Gasteiger partial charge in [-0.2, -0.15) is 11.8 Å². The molecule has 6 heteroatoms. The van der Waals surface area contributed by atoms with Crippen LogP contribution in [0, 0.1) is 0 Å². The lowest BCUT2D eigenvalue weighted by Crippen LogP contribution is -2.39. The second kappa shape index (κ2) is 7.20. The van der Waals surface area contributed by atoms with E-state index in [0.717, 1.165) is 42.5 Å². The van der Waals surface area contributed by atoms with Crippen molar-refractivity contribution in [2.75, 3.05) is 30.0 Å². The smallest absolute Gasteiger partial charge is 0.225 e. The zero-order valence-electron chi connectivity index (χ0n) is 11.2. The second-order valence-electron chi connectivity index (χ2n) is 4.90. The van der Waals surface area contributed by atoms with Gasteiger partial charge in [0.2, 0.25) is 5.91 Å². The number of carbonyl (C=O) groups is 1. The van der Waals surface area contributed by atoms with Gasteiger partial charge in [-0.15, -0.1) is 12.4 Å². The number of amides is 1. The molecule has 4 nitrogen and oxygen atoms in total. The van der Waals surface area contributed by atoms with Gasteiger partial charge in [-0.25, -0.2) is 0 Å². The van der Waals surface area contributed by atoms with Gasteiger partial charge < -0.3 is 15.4 Å². The molecule has 110 valence electrons. The monoisotopic (exact) mass is 314 g/mol. The van der Waals surface area contributed by atoms with Crippen molar-refractivity contribution in [2.45, 2.75) is 18.9 Å². The summed E-state index contributed by atoms with van der Waals surface area (Å²) in [5, 5.41) is 6.35. The highest BCUT2D eigenvalue weighted by molar-refractivity contribution is 7.99. The first kappa shape index (κ1) is 15.5. The highest BCUT2D eigenvalue weighted by Crippen LogP contribution is 2.27. The normalized spacial score (nSPS) is 20.5. The summed E-state index contributed by atoms with van der Waals surface area (Å²) in [5.41, 5.74) is 2.06. The molecule has 2 aliphatic rings. The van der Waals surface area contributed by atoms with Crippen molar-refractivity contribution in [1.29, 1.82) is 0 Å². The van der Waals surface area contributed by atoms with Crippen LogP contribution in [0.15, 0.2) is 18.2 Å². The maximum Gasteiger partial charge on any atom is 0.225 e. The van der Waals surface area contributed by atoms with Gasteiger partial charge in [-0.1, -0.05) is 0 Å². The number of anilines is 1. The predicted molar refractivity (Wildman–Crippen MR) is 85.3 cm³/mol. The Bertz CT molecular complexity index is 478. The molecule has 1 atom stereocenters. The summed E-state index contributed by atoms with van der Waals surface area (Å²) in [5.74, 6) is 3.19. The Morgan fingerprint density at radius 3 is 3.20 bits per heavy atom. The van der Waals surface area contributed by atoms with E-state index in [4.69, 9.17) is 4.74 Å². The number of hydrogen-bond acceptors (Lipinski definition) is 4. The number of rotatable bonds is 3. The first-order valence-electron chi connectivity index (χ1n) is 6.68. The fraction of sp³-hybridized carbons (Fsp3) is 0.500. The highest BCUT2D eigenvalue weighted by atomic mass is 35.5. The molecule has 0 spiro atoms. The van der Waals surface area contributed by atoms with Crippen LogP contribution >= 0.6 is 24.2 Å². The lowest BCUT2D eigenvalue weighted by molar-refractivity contribution is -0.116. The summed E-state index contributed by atoms with van der Waals surface area (Å²) >= 11 is 1.91. The van der Waals surface area contributed by atoms with Gasteiger partial charge in [0.05, 0.1) is 6.61 Å². The number of halogens is 1. The highest BCUT2D eigenvalue weighted by Gasteiger charge is 2.17. The SMILES string of the molecule is Cl.O=C(CC1CSCCN1)Nc1ccc2c(c1)CCO2. The third kappa shape index (κ3) is 3.81. The van der Waals surface area contributed by atoms with Crippen LogP contribution in [0.3, 0.4) is 0 Å². The number of hydrogen-bond donors (Lipinski definition) is 2. The number of nitrogens with one attached hydrogen (secondary N) is 2. The van der Waals surface area contributed by atoms with Crippen molar-refractivity contribution in [2.24, 2.45) is 0 Å². The van der Waals surface area contributed by atoms with Crippen LogP contribution < -0.4 is 15.4 Å². The molecule has 1 amide bonds. The molecule has 2 heterocycles. The number of thioether (sulfide) groups is 1. The number of fused-ring (bicyclic) bond motifs is 1. The molecule has 1 aromatic carbocycles. The third-order valence-electron chi connectivity index (χ3n) is 3.40. The summed E-state index contributed by atoms with van der Waals surface area (Å²) in [6.07, 6.45) is 1.47. The summed E-state index contributed by atoms with van der Waals surface area (Å²) in [7, 11) is 0. The molecule has 1 aromatic rings. The molecule has 2 aliphatic heterocycles. The van der Waals surface area contributed by atoms with E-state index in [1.807, 2.05) is 30.0 Å². The van der Waals surface area contributed by atoms with E-state index in [1.54, 1.807) is 0 Å². The Balaban J connectivity index is 0.00000147. The maximum atomic E-state index is 12.0. The average Bonchev–Trinajstić information content (AvgIpc) is 2.87. The van der Waals surface area contributed by atoms with Gasteiger partial charge in [0, 0.05) is 42.6 Å². The zero-order chi connectivity index (χ0) is 13.1. The van der Waals surface area contributed by atoms with Gasteiger partial charge in [0.1, 0.15) is 5.75 Å². The Morgan fingerprint density at radius 2 is 2.40 bits per heavy atom. The Kier molecular flexibility index (Phi) is 5.57. The van der Waals surface area contributed by atoms with Crippen molar-refractivity contribution in [3.8, 4) is 5.75 Å². The molecule has 2 N–H and O–H groups in total. The fourth-order valence-corrected chi connectivity index (χ4v) is 3.40. The van der Waals surface area contributed by atoms with Crippen LogP contribution in [0.25, 0.3) is 0 Å². The minimum absolute atomic E-state index is 0. The molecular formula is C14H19ClN2O2S. The minimum Gasteiger partial charge on any atom is -0.493 e. The molecule has 1 saturated heterocycles. The second-order valence-corrected chi connectivity index (χ2v) is 6.05. The van der Waals surface area contributed by atoms with Crippen molar-refractivity contribution in [3.63, 3.8) is 0 Å². The molecule has 0 aromatic heterocycles. The maximum absolute atomic E-state index is 12.0. The zero-order valence-corrected chi connectivity index (χ0v) is 12.8. The molecule has 0 aliphatic carbocycles. The lowest BCUT2D eigenvalue weighted by Gasteiger charge is -2.22. The van der Waals surface area contributed by atoms with Crippen molar-refractivity contribution in [3.05, 3.63) is 23.8 Å². The van der Waals surface area contributed by atoms with E-state index < -0.39 is 0 Å². The van der Waals surface area contributed by atoms with E-state index >= 15 is 0 Å². The van der Waals surface area contributed by atoms with Crippen LogP contribution in [0.4, 0.5) is 5.69 Å². The Morgan fingerprint density at radius 1 is 1.50 bits per heavy atom. The number of ether oxygens (including phenoxy) is 1. The summed E-state index contributed by atoms with van der Waals surface area (Å²) in [4.78, 5) is 12.0. The third-order valence-corrected chi connectivity index (χ3v) is 4.53. The van der Waals surface area contributed by atoms with E-state index in [0.29, 0.717) is 12.5 Å². The molecular weight excluding hydrogens is 296 g/mol. The predicted octanol–water partition coefficient (Wildman–Crippen LogP) is 2.08. The summed E-state index contributed by atoms with van der Waals surface area (Å²) < 4.78 is 5.45. The topological polar surface area (TPSA) is 50.4 Å². The number of benzene rings is 1. The molecule has 1 fully saturated rings. The van der Waals surface area contributed by atoms with Crippen LogP contribution in [-0.2, 0) is 11.2 Å². The summed E-state index contributed by atoms with van der Waals surface area (Å²) in [6.45, 7) is 1.74. The minimum atomic E-state index is 0. The molecule has 1 unspecified atom stereocenters. The quantitative estimate of drug-likeness (QED) is 0.897. The molecule has 0 radical (unpaired) electrons. The van der Waals surface area contributed by atoms with E-state index in [-0.39, 0.29) is 18.3 Å². The summed E-state index contributed by atoms with van der Waals surface area (Å²) in [6, 6.07) is 6.16. The first-order valence-corrected chi connectivity index (χ1v) is 7.83. The average molecular weight is 315 g/mol. The van der Waals surface area contributed by atoms with E-state index in [1.165, 1.54) is 5.56 Å². The van der Waals surface area contributed by atoms with Crippen LogP contribution in [-0.4, -0.2) is 36.6 Å². The first-order chi connectivity index (χ1) is 9.31. The van der Waals surface area contributed by atoms with Crippen molar-refractivity contribution >= 4 is 35.8 Å². The molecule has 0 saturated carbocycles. The van der Waals surface area contributed by atoms with Gasteiger partial charge in [-0.05, 0) is 23.8 Å². The van der Waals surface area contributed by atoms with Crippen LogP contribution in [0.1, 0.15) is 12.0 Å². The molecule has 20 heavy (non-hydrogen) atoms.